The van der Waals surface area contributed by atoms with E-state index in [4.69, 9.17) is 20.6 Å². The molecule has 4 aromatic rings. The number of aromatic nitrogens is 2. The number of fused-ring (bicyclic) bond motifs is 1. The van der Waals surface area contributed by atoms with Crippen LogP contribution in [0, 0.1) is 0 Å². The number of pyridine rings is 2. The van der Waals surface area contributed by atoms with Gasteiger partial charge in [-0.05, 0) is 23.3 Å². The highest BCUT2D eigenvalue weighted by Crippen LogP contribution is 2.34. The molecule has 2 aromatic carbocycles. The molecule has 12 heteroatoms. The van der Waals surface area contributed by atoms with Crippen molar-refractivity contribution < 1.29 is 32.7 Å². The number of nitrogens with zero attached hydrogens (tertiary/aromatic N) is 2. The van der Waals surface area contributed by atoms with Crippen LogP contribution in [0.15, 0.2) is 72.9 Å². The highest BCUT2D eigenvalue weighted by molar-refractivity contribution is 6.06. The number of amides is 2. The summed E-state index contributed by atoms with van der Waals surface area (Å²) in [5, 5.41) is 13.3. The van der Waals surface area contributed by atoms with Crippen molar-refractivity contribution in [2.75, 3.05) is 13.1 Å². The maximum atomic E-state index is 12.9. The molecular weight excluding hydrogens is 527 g/mol. The van der Waals surface area contributed by atoms with Gasteiger partial charge in [0.25, 0.3) is 5.91 Å². The SMILES string of the molecule is CC(=O)NCCNC(=O)c1nccc2nc(-c3ccc(CN)cc3)c(-c3ccccc3)cc12.O=C(O)C(F)(F)F. The van der Waals surface area contributed by atoms with Crippen molar-refractivity contribution in [2.24, 2.45) is 5.73 Å². The van der Waals surface area contributed by atoms with Gasteiger partial charge in [-0.2, -0.15) is 13.2 Å². The second-order valence-corrected chi connectivity index (χ2v) is 8.42. The normalized spacial score (nSPS) is 10.8. The lowest BCUT2D eigenvalue weighted by atomic mass is 9.96. The molecule has 0 bridgehead atoms. The molecule has 0 aliphatic rings. The van der Waals surface area contributed by atoms with E-state index < -0.39 is 12.1 Å². The van der Waals surface area contributed by atoms with E-state index in [2.05, 4.69) is 15.6 Å². The first kappa shape index (κ1) is 29.7. The molecular formula is C28H26F3N5O4. The van der Waals surface area contributed by atoms with Gasteiger partial charge in [-0.25, -0.2) is 9.78 Å². The zero-order chi connectivity index (χ0) is 29.3. The summed E-state index contributed by atoms with van der Waals surface area (Å²) in [6.07, 6.45) is -3.50. The Labute approximate surface area is 227 Å². The van der Waals surface area contributed by atoms with E-state index in [0.717, 1.165) is 27.9 Å². The highest BCUT2D eigenvalue weighted by Gasteiger charge is 2.38. The Bertz CT molecular complexity index is 1490. The average Bonchev–Trinajstić information content (AvgIpc) is 2.94. The number of nitrogens with one attached hydrogen (secondary N) is 2. The number of hydrogen-bond acceptors (Lipinski definition) is 6. The van der Waals surface area contributed by atoms with Crippen molar-refractivity contribution in [3.05, 3.63) is 84.2 Å². The van der Waals surface area contributed by atoms with E-state index in [1.807, 2.05) is 60.7 Å². The van der Waals surface area contributed by atoms with Crippen LogP contribution in [0.1, 0.15) is 23.0 Å². The zero-order valence-electron chi connectivity index (χ0n) is 21.3. The third kappa shape index (κ3) is 7.84. The largest absolute Gasteiger partial charge is 0.490 e. The first-order valence-electron chi connectivity index (χ1n) is 12.0. The van der Waals surface area contributed by atoms with Gasteiger partial charge in [0.15, 0.2) is 0 Å². The molecule has 0 aliphatic carbocycles. The Kier molecular flexibility index (Phi) is 9.87. The van der Waals surface area contributed by atoms with Gasteiger partial charge in [-0.1, -0.05) is 54.6 Å². The third-order valence-corrected chi connectivity index (χ3v) is 5.53. The minimum absolute atomic E-state index is 0.142. The number of carbonyl (C=O) groups is 3. The number of rotatable bonds is 7. The predicted molar refractivity (Wildman–Crippen MR) is 143 cm³/mol. The number of carbonyl (C=O) groups excluding carboxylic acids is 2. The predicted octanol–water partition coefficient (Wildman–Crippen LogP) is 3.92. The van der Waals surface area contributed by atoms with Crippen LogP contribution in [-0.2, 0) is 16.1 Å². The summed E-state index contributed by atoms with van der Waals surface area (Å²) in [6.45, 7) is 2.57. The molecule has 0 unspecified atom stereocenters. The number of aliphatic carboxylic acids is 1. The molecule has 0 aliphatic heterocycles. The van der Waals surface area contributed by atoms with Crippen molar-refractivity contribution in [2.45, 2.75) is 19.6 Å². The quantitative estimate of drug-likeness (QED) is 0.254. The number of benzene rings is 2. The number of carboxylic acid groups (broad SMARTS) is 1. The molecule has 0 radical (unpaired) electrons. The molecule has 4 rings (SSSR count). The van der Waals surface area contributed by atoms with Crippen LogP contribution < -0.4 is 16.4 Å². The lowest BCUT2D eigenvalue weighted by Crippen LogP contribution is -2.34. The molecule has 40 heavy (non-hydrogen) atoms. The molecule has 0 saturated heterocycles. The molecule has 5 N–H and O–H groups in total. The summed E-state index contributed by atoms with van der Waals surface area (Å²) < 4.78 is 31.7. The van der Waals surface area contributed by atoms with Gasteiger partial charge < -0.3 is 21.5 Å². The van der Waals surface area contributed by atoms with E-state index >= 15 is 0 Å². The second-order valence-electron chi connectivity index (χ2n) is 8.42. The van der Waals surface area contributed by atoms with Crippen molar-refractivity contribution in [3.8, 4) is 22.4 Å². The molecule has 0 saturated carbocycles. The summed E-state index contributed by atoms with van der Waals surface area (Å²) in [5.41, 5.74) is 11.5. The molecule has 0 spiro atoms. The van der Waals surface area contributed by atoms with Crippen LogP contribution >= 0.6 is 0 Å². The fourth-order valence-corrected chi connectivity index (χ4v) is 3.63. The summed E-state index contributed by atoms with van der Waals surface area (Å²) in [7, 11) is 0. The second kappa shape index (κ2) is 13.3. The Morgan fingerprint density at radius 1 is 0.925 bits per heavy atom. The van der Waals surface area contributed by atoms with E-state index in [1.54, 1.807) is 12.3 Å². The lowest BCUT2D eigenvalue weighted by molar-refractivity contribution is -0.192. The van der Waals surface area contributed by atoms with Crippen LogP contribution in [0.3, 0.4) is 0 Å². The van der Waals surface area contributed by atoms with Crippen LogP contribution in [0.25, 0.3) is 33.3 Å². The monoisotopic (exact) mass is 553 g/mol. The molecule has 2 amide bonds. The van der Waals surface area contributed by atoms with Crippen molar-refractivity contribution >= 4 is 28.7 Å². The van der Waals surface area contributed by atoms with Crippen molar-refractivity contribution in [1.29, 1.82) is 0 Å². The van der Waals surface area contributed by atoms with Gasteiger partial charge in [-0.3, -0.25) is 14.6 Å². The van der Waals surface area contributed by atoms with Gasteiger partial charge in [-0.15, -0.1) is 0 Å². The summed E-state index contributed by atoms with van der Waals surface area (Å²) >= 11 is 0. The first-order chi connectivity index (χ1) is 19.0. The highest BCUT2D eigenvalue weighted by atomic mass is 19.4. The van der Waals surface area contributed by atoms with Gasteiger partial charge in [0.1, 0.15) is 5.69 Å². The van der Waals surface area contributed by atoms with Crippen LogP contribution in [0.5, 0.6) is 0 Å². The Morgan fingerprint density at radius 2 is 1.55 bits per heavy atom. The molecule has 0 fully saturated rings. The van der Waals surface area contributed by atoms with Crippen LogP contribution in [0.2, 0.25) is 0 Å². The van der Waals surface area contributed by atoms with E-state index in [-0.39, 0.29) is 11.8 Å². The summed E-state index contributed by atoms with van der Waals surface area (Å²) in [4.78, 5) is 42.0. The van der Waals surface area contributed by atoms with E-state index in [0.29, 0.717) is 36.2 Å². The molecule has 9 nitrogen and oxygen atoms in total. The minimum Gasteiger partial charge on any atom is -0.475 e. The summed E-state index contributed by atoms with van der Waals surface area (Å²) in [6, 6.07) is 21.7. The fraction of sp³-hybridized carbons (Fsp3) is 0.179. The Morgan fingerprint density at radius 3 is 2.12 bits per heavy atom. The van der Waals surface area contributed by atoms with Gasteiger partial charge in [0, 0.05) is 49.3 Å². The number of hydrogen-bond donors (Lipinski definition) is 4. The third-order valence-electron chi connectivity index (χ3n) is 5.53. The van der Waals surface area contributed by atoms with Gasteiger partial charge in [0.05, 0.1) is 11.2 Å². The molecule has 2 heterocycles. The number of halogens is 3. The van der Waals surface area contributed by atoms with Crippen LogP contribution in [0.4, 0.5) is 13.2 Å². The zero-order valence-corrected chi connectivity index (χ0v) is 21.3. The van der Waals surface area contributed by atoms with Crippen LogP contribution in [-0.4, -0.2) is 52.1 Å². The maximum absolute atomic E-state index is 12.9. The van der Waals surface area contributed by atoms with E-state index in [1.165, 1.54) is 6.92 Å². The Balaban J connectivity index is 0.000000559. The average molecular weight is 554 g/mol. The van der Waals surface area contributed by atoms with Crippen molar-refractivity contribution in [3.63, 3.8) is 0 Å². The number of carboxylic acids is 1. The maximum Gasteiger partial charge on any atom is 0.490 e. The molecule has 0 atom stereocenters. The lowest BCUT2D eigenvalue weighted by Gasteiger charge is -2.14. The fourth-order valence-electron chi connectivity index (χ4n) is 3.63. The summed E-state index contributed by atoms with van der Waals surface area (Å²) in [5.74, 6) is -3.21. The standard InChI is InChI=1S/C26H25N5O2.C2HF3O2/c1-17(32)28-13-14-30-26(33)25-22-15-21(19-5-3-2-4-6-19)24(31-23(22)11-12-29-25)20-9-7-18(16-27)8-10-20;3-2(4,5)1(6)7/h2-12,15H,13-14,16,27H2,1H3,(H,28,32)(H,30,33);(H,6,7). The van der Waals surface area contributed by atoms with E-state index in [9.17, 15) is 22.8 Å². The smallest absolute Gasteiger partial charge is 0.475 e. The number of nitrogens with two attached hydrogens (primary N) is 1. The van der Waals surface area contributed by atoms with Gasteiger partial charge >= 0.3 is 12.1 Å². The Hall–Kier alpha value is -4.84. The molecule has 2 aromatic heterocycles. The first-order valence-corrected chi connectivity index (χ1v) is 12.0. The van der Waals surface area contributed by atoms with Crippen molar-refractivity contribution in [1.82, 2.24) is 20.6 Å². The topological polar surface area (TPSA) is 147 Å². The van der Waals surface area contributed by atoms with Gasteiger partial charge in [0.2, 0.25) is 5.91 Å². The minimum atomic E-state index is -5.08. The molecule has 208 valence electrons. The number of alkyl halides is 3.